The average molecular weight is 157 g/mol. The second-order valence-electron chi connectivity index (χ2n) is 3.05. The summed E-state index contributed by atoms with van der Waals surface area (Å²) >= 11 is 0. The van der Waals surface area contributed by atoms with Crippen LogP contribution in [0.5, 0.6) is 0 Å². The van der Waals surface area contributed by atoms with Crippen LogP contribution in [0.25, 0.3) is 0 Å². The van der Waals surface area contributed by atoms with Crippen LogP contribution in [0.1, 0.15) is 6.42 Å². The topological polar surface area (TPSA) is 26.6 Å². The van der Waals surface area contributed by atoms with E-state index in [1.165, 1.54) is 6.42 Å². The second-order valence-corrected chi connectivity index (χ2v) is 3.05. The SMILES string of the molecule is COCCN(C)[C@@H]1CC[N]C1. The number of methoxy groups -OCH3 is 1. The maximum absolute atomic E-state index is 5.00. The second kappa shape index (κ2) is 4.70. The standard InChI is InChI=1S/C8H17N2O/c1-10(5-6-11-2)8-3-4-9-7-8/h8H,3-7H2,1-2H3/t8-/m1/s1. The molecule has 0 spiro atoms. The van der Waals surface area contributed by atoms with Crippen molar-refractivity contribution in [1.29, 1.82) is 0 Å². The van der Waals surface area contributed by atoms with Crippen LogP contribution in [-0.2, 0) is 4.74 Å². The Morgan fingerprint density at radius 2 is 2.45 bits per heavy atom. The maximum atomic E-state index is 5.00. The Kier molecular flexibility index (Phi) is 3.83. The van der Waals surface area contributed by atoms with Gasteiger partial charge in [0.05, 0.1) is 6.61 Å². The van der Waals surface area contributed by atoms with Crippen LogP contribution in [0.15, 0.2) is 0 Å². The average Bonchev–Trinajstić information content (AvgIpc) is 2.52. The Balaban J connectivity index is 2.12. The van der Waals surface area contributed by atoms with E-state index >= 15 is 0 Å². The highest BCUT2D eigenvalue weighted by Gasteiger charge is 2.19. The molecule has 1 fully saturated rings. The Morgan fingerprint density at radius 1 is 1.64 bits per heavy atom. The Morgan fingerprint density at radius 3 is 3.00 bits per heavy atom. The zero-order valence-electron chi connectivity index (χ0n) is 7.42. The van der Waals surface area contributed by atoms with E-state index in [9.17, 15) is 0 Å². The van der Waals surface area contributed by atoms with Gasteiger partial charge in [0, 0.05) is 32.8 Å². The maximum Gasteiger partial charge on any atom is 0.0589 e. The van der Waals surface area contributed by atoms with Crippen molar-refractivity contribution in [2.75, 3.05) is 40.4 Å². The summed E-state index contributed by atoms with van der Waals surface area (Å²) in [6.45, 7) is 3.91. The molecule has 1 saturated heterocycles. The largest absolute Gasteiger partial charge is 0.383 e. The van der Waals surface area contributed by atoms with E-state index in [0.717, 1.165) is 26.2 Å². The summed E-state index contributed by atoms with van der Waals surface area (Å²) in [4.78, 5) is 2.33. The van der Waals surface area contributed by atoms with Crippen LogP contribution in [0, 0.1) is 0 Å². The molecule has 3 nitrogen and oxygen atoms in total. The number of rotatable bonds is 4. The van der Waals surface area contributed by atoms with Crippen molar-refractivity contribution in [2.24, 2.45) is 0 Å². The molecule has 1 atom stereocenters. The highest BCUT2D eigenvalue weighted by atomic mass is 16.5. The molecule has 1 aliphatic heterocycles. The molecule has 0 aromatic rings. The molecular formula is C8H17N2O. The first-order chi connectivity index (χ1) is 5.34. The minimum absolute atomic E-state index is 0.671. The van der Waals surface area contributed by atoms with Gasteiger partial charge in [-0.2, -0.15) is 0 Å². The van der Waals surface area contributed by atoms with E-state index in [2.05, 4.69) is 17.3 Å². The molecule has 0 saturated carbocycles. The fourth-order valence-corrected chi connectivity index (χ4v) is 1.35. The van der Waals surface area contributed by atoms with E-state index in [0.29, 0.717) is 6.04 Å². The first kappa shape index (κ1) is 8.97. The predicted octanol–water partition coefficient (Wildman–Crippen LogP) is -0.0587. The number of nitrogens with zero attached hydrogens (tertiary/aromatic N) is 2. The quantitative estimate of drug-likeness (QED) is 0.571. The molecule has 0 aliphatic carbocycles. The lowest BCUT2D eigenvalue weighted by atomic mass is 10.2. The van der Waals surface area contributed by atoms with Crippen molar-refractivity contribution in [2.45, 2.75) is 12.5 Å². The van der Waals surface area contributed by atoms with Gasteiger partial charge in [0.25, 0.3) is 0 Å². The van der Waals surface area contributed by atoms with Crippen LogP contribution < -0.4 is 5.32 Å². The Bertz CT molecular complexity index is 102. The molecule has 0 amide bonds. The molecule has 0 aromatic carbocycles. The number of ether oxygens (including phenoxy) is 1. The molecular weight excluding hydrogens is 140 g/mol. The van der Waals surface area contributed by atoms with Crippen molar-refractivity contribution < 1.29 is 4.74 Å². The summed E-state index contributed by atoms with van der Waals surface area (Å²) in [6, 6.07) is 0.671. The summed E-state index contributed by atoms with van der Waals surface area (Å²) in [5.74, 6) is 0. The van der Waals surface area contributed by atoms with Crippen LogP contribution in [0.2, 0.25) is 0 Å². The third-order valence-electron chi connectivity index (χ3n) is 2.23. The molecule has 1 radical (unpaired) electrons. The van der Waals surface area contributed by atoms with Gasteiger partial charge in [-0.25, -0.2) is 5.32 Å². The minimum atomic E-state index is 0.671. The summed E-state index contributed by atoms with van der Waals surface area (Å²) in [5, 5.41) is 4.31. The van der Waals surface area contributed by atoms with E-state index in [4.69, 9.17) is 4.74 Å². The van der Waals surface area contributed by atoms with Crippen LogP contribution in [0.4, 0.5) is 0 Å². The van der Waals surface area contributed by atoms with Gasteiger partial charge in [-0.1, -0.05) is 0 Å². The van der Waals surface area contributed by atoms with Crippen LogP contribution >= 0.6 is 0 Å². The molecule has 1 rings (SSSR count). The van der Waals surface area contributed by atoms with Gasteiger partial charge < -0.3 is 4.74 Å². The van der Waals surface area contributed by atoms with E-state index < -0.39 is 0 Å². The molecule has 1 heterocycles. The molecule has 0 N–H and O–H groups in total. The minimum Gasteiger partial charge on any atom is -0.383 e. The normalized spacial score (nSPS) is 24.8. The first-order valence-corrected chi connectivity index (χ1v) is 4.17. The highest BCUT2D eigenvalue weighted by Crippen LogP contribution is 2.06. The van der Waals surface area contributed by atoms with E-state index in [1.807, 2.05) is 0 Å². The van der Waals surface area contributed by atoms with Crippen molar-refractivity contribution in [3.63, 3.8) is 0 Å². The van der Waals surface area contributed by atoms with Gasteiger partial charge in [-0.3, -0.25) is 4.90 Å². The third kappa shape index (κ3) is 2.77. The van der Waals surface area contributed by atoms with Crippen molar-refractivity contribution in [3.05, 3.63) is 0 Å². The fourth-order valence-electron chi connectivity index (χ4n) is 1.35. The summed E-state index contributed by atoms with van der Waals surface area (Å²) < 4.78 is 5.00. The van der Waals surface area contributed by atoms with Crippen LogP contribution in [-0.4, -0.2) is 51.3 Å². The smallest absolute Gasteiger partial charge is 0.0589 e. The summed E-state index contributed by atoms with van der Waals surface area (Å²) in [6.07, 6.45) is 1.22. The Labute approximate surface area is 68.7 Å². The monoisotopic (exact) mass is 157 g/mol. The van der Waals surface area contributed by atoms with Crippen molar-refractivity contribution in [1.82, 2.24) is 10.2 Å². The third-order valence-corrected chi connectivity index (χ3v) is 2.23. The number of likely N-dealkylation sites (N-methyl/N-ethyl adjacent to an activating group) is 1. The molecule has 0 unspecified atom stereocenters. The molecule has 65 valence electrons. The lowest BCUT2D eigenvalue weighted by molar-refractivity contribution is 0.143. The summed E-state index contributed by atoms with van der Waals surface area (Å²) in [7, 11) is 3.89. The lowest BCUT2D eigenvalue weighted by Gasteiger charge is -2.22. The van der Waals surface area contributed by atoms with Crippen LogP contribution in [0.3, 0.4) is 0 Å². The van der Waals surface area contributed by atoms with Gasteiger partial charge in [-0.15, -0.1) is 0 Å². The fraction of sp³-hybridized carbons (Fsp3) is 1.00. The summed E-state index contributed by atoms with van der Waals surface area (Å²) in [5.41, 5.74) is 0. The number of hydrogen-bond acceptors (Lipinski definition) is 2. The van der Waals surface area contributed by atoms with Gasteiger partial charge in [0.2, 0.25) is 0 Å². The van der Waals surface area contributed by atoms with E-state index in [1.54, 1.807) is 7.11 Å². The van der Waals surface area contributed by atoms with Gasteiger partial charge in [0.1, 0.15) is 0 Å². The van der Waals surface area contributed by atoms with E-state index in [-0.39, 0.29) is 0 Å². The molecule has 0 bridgehead atoms. The zero-order valence-corrected chi connectivity index (χ0v) is 7.42. The van der Waals surface area contributed by atoms with Gasteiger partial charge >= 0.3 is 0 Å². The lowest BCUT2D eigenvalue weighted by Crippen LogP contribution is -2.34. The first-order valence-electron chi connectivity index (χ1n) is 4.17. The molecule has 11 heavy (non-hydrogen) atoms. The van der Waals surface area contributed by atoms with Gasteiger partial charge in [-0.05, 0) is 13.5 Å². The number of hydrogen-bond donors (Lipinski definition) is 0. The molecule has 3 heteroatoms. The van der Waals surface area contributed by atoms with Gasteiger partial charge in [0.15, 0.2) is 0 Å². The zero-order chi connectivity index (χ0) is 8.10. The Hall–Kier alpha value is -0.120. The molecule has 0 aromatic heterocycles. The van der Waals surface area contributed by atoms with Crippen molar-refractivity contribution in [3.8, 4) is 0 Å². The highest BCUT2D eigenvalue weighted by molar-refractivity contribution is 4.77. The molecule has 1 aliphatic rings. The predicted molar refractivity (Wildman–Crippen MR) is 44.8 cm³/mol. The van der Waals surface area contributed by atoms with Crippen molar-refractivity contribution >= 4 is 0 Å².